The van der Waals surface area contributed by atoms with E-state index in [4.69, 9.17) is 16.0 Å². The lowest BCUT2D eigenvalue weighted by Crippen LogP contribution is -2.22. The van der Waals surface area contributed by atoms with Crippen molar-refractivity contribution in [2.45, 2.75) is 19.4 Å². The third-order valence-corrected chi connectivity index (χ3v) is 3.41. The Labute approximate surface area is 120 Å². The number of benzene rings is 1. The van der Waals surface area contributed by atoms with Crippen molar-refractivity contribution in [2.24, 2.45) is 0 Å². The molecule has 0 radical (unpaired) electrons. The summed E-state index contributed by atoms with van der Waals surface area (Å²) < 4.78 is 6.59. The van der Waals surface area contributed by atoms with Crippen LogP contribution in [0.1, 0.15) is 30.7 Å². The van der Waals surface area contributed by atoms with Gasteiger partial charge in [-0.15, -0.1) is 0 Å². The molecule has 0 spiro atoms. The van der Waals surface area contributed by atoms with Gasteiger partial charge in [0.1, 0.15) is 5.76 Å². The van der Waals surface area contributed by atoms with E-state index in [1.807, 2.05) is 18.2 Å². The number of furan rings is 1. The van der Waals surface area contributed by atoms with E-state index in [0.29, 0.717) is 5.22 Å². The monoisotopic (exact) mass is 327 g/mol. The first-order chi connectivity index (χ1) is 8.70. The van der Waals surface area contributed by atoms with Gasteiger partial charge in [0.25, 0.3) is 0 Å². The third-order valence-electron chi connectivity index (χ3n) is 2.68. The summed E-state index contributed by atoms with van der Waals surface area (Å²) in [5, 5.41) is 3.89. The van der Waals surface area contributed by atoms with E-state index in [0.717, 1.165) is 28.8 Å². The lowest BCUT2D eigenvalue weighted by Gasteiger charge is -2.16. The molecule has 18 heavy (non-hydrogen) atoms. The fourth-order valence-electron chi connectivity index (χ4n) is 1.81. The van der Waals surface area contributed by atoms with Gasteiger partial charge in [0.2, 0.25) is 0 Å². The molecular formula is C14H15BrClNO. The first-order valence-corrected chi connectivity index (χ1v) is 7.12. The van der Waals surface area contributed by atoms with Gasteiger partial charge >= 0.3 is 0 Å². The fraction of sp³-hybridized carbons (Fsp3) is 0.286. The molecule has 0 saturated heterocycles. The average Bonchev–Trinajstić information content (AvgIpc) is 2.78. The predicted molar refractivity (Wildman–Crippen MR) is 78.0 cm³/mol. The molecule has 0 saturated carbocycles. The molecule has 0 aliphatic rings. The molecule has 1 aromatic carbocycles. The quantitative estimate of drug-likeness (QED) is 0.854. The molecule has 0 bridgehead atoms. The van der Waals surface area contributed by atoms with Crippen LogP contribution in [0.25, 0.3) is 0 Å². The van der Waals surface area contributed by atoms with Gasteiger partial charge in [-0.1, -0.05) is 35.0 Å². The first-order valence-electron chi connectivity index (χ1n) is 5.94. The Morgan fingerprint density at radius 3 is 2.50 bits per heavy atom. The minimum absolute atomic E-state index is 0.0468. The van der Waals surface area contributed by atoms with Crippen molar-refractivity contribution in [3.63, 3.8) is 0 Å². The summed E-state index contributed by atoms with van der Waals surface area (Å²) in [7, 11) is 0. The molecule has 1 aromatic heterocycles. The highest BCUT2D eigenvalue weighted by Gasteiger charge is 2.16. The van der Waals surface area contributed by atoms with Gasteiger partial charge in [0.15, 0.2) is 5.22 Å². The molecular weight excluding hydrogens is 314 g/mol. The predicted octanol–water partition coefficient (Wildman–Crippen LogP) is 4.78. The van der Waals surface area contributed by atoms with Crippen molar-refractivity contribution in [2.75, 3.05) is 6.54 Å². The Bertz CT molecular complexity index is 495. The Morgan fingerprint density at radius 2 is 1.94 bits per heavy atom. The Balaban J connectivity index is 2.27. The SMILES string of the molecule is CCCNC(c1ccc(Br)cc1)c1ccc(Cl)o1. The topological polar surface area (TPSA) is 25.2 Å². The molecule has 1 unspecified atom stereocenters. The van der Waals surface area contributed by atoms with E-state index >= 15 is 0 Å². The van der Waals surface area contributed by atoms with Gasteiger partial charge < -0.3 is 9.73 Å². The van der Waals surface area contributed by atoms with Crippen LogP contribution in [0.15, 0.2) is 45.3 Å². The number of nitrogens with one attached hydrogen (secondary N) is 1. The molecule has 0 amide bonds. The van der Waals surface area contributed by atoms with E-state index in [1.165, 1.54) is 0 Å². The maximum absolute atomic E-state index is 5.85. The lowest BCUT2D eigenvalue weighted by atomic mass is 10.0. The number of hydrogen-bond donors (Lipinski definition) is 1. The number of hydrogen-bond acceptors (Lipinski definition) is 2. The second-order valence-corrected chi connectivity index (χ2v) is 5.37. The molecule has 2 rings (SSSR count). The van der Waals surface area contributed by atoms with Crippen molar-refractivity contribution in [1.29, 1.82) is 0 Å². The lowest BCUT2D eigenvalue weighted by molar-refractivity contribution is 0.448. The molecule has 2 aromatic rings. The average molecular weight is 329 g/mol. The zero-order valence-corrected chi connectivity index (χ0v) is 12.5. The van der Waals surface area contributed by atoms with Crippen molar-refractivity contribution in [3.8, 4) is 0 Å². The minimum Gasteiger partial charge on any atom is -0.448 e. The Hall–Kier alpha value is -0.770. The summed E-state index contributed by atoms with van der Waals surface area (Å²) in [5.74, 6) is 0.843. The third kappa shape index (κ3) is 3.37. The van der Waals surface area contributed by atoms with Gasteiger partial charge in [-0.05, 0) is 54.4 Å². The molecule has 0 aliphatic carbocycles. The van der Waals surface area contributed by atoms with Crippen LogP contribution in [0, 0.1) is 0 Å². The van der Waals surface area contributed by atoms with Gasteiger partial charge in [0.05, 0.1) is 6.04 Å². The van der Waals surface area contributed by atoms with Crippen LogP contribution in [0.5, 0.6) is 0 Å². The summed E-state index contributed by atoms with van der Waals surface area (Å²) >= 11 is 9.29. The molecule has 1 atom stereocenters. The summed E-state index contributed by atoms with van der Waals surface area (Å²) in [4.78, 5) is 0. The summed E-state index contributed by atoms with van der Waals surface area (Å²) in [6.45, 7) is 3.07. The maximum atomic E-state index is 5.85. The smallest absolute Gasteiger partial charge is 0.193 e. The normalized spacial score (nSPS) is 12.6. The Kier molecular flexibility index (Phi) is 4.87. The second-order valence-electron chi connectivity index (χ2n) is 4.08. The molecule has 96 valence electrons. The van der Waals surface area contributed by atoms with Crippen LogP contribution in [0.3, 0.4) is 0 Å². The molecule has 2 nitrogen and oxygen atoms in total. The van der Waals surface area contributed by atoms with Crippen molar-refractivity contribution < 1.29 is 4.42 Å². The molecule has 0 fully saturated rings. The van der Waals surface area contributed by atoms with E-state index in [-0.39, 0.29) is 6.04 Å². The number of halogens is 2. The molecule has 1 heterocycles. The maximum Gasteiger partial charge on any atom is 0.193 e. The standard InChI is InChI=1S/C14H15BrClNO/c1-2-9-17-14(12-7-8-13(16)18-12)10-3-5-11(15)6-4-10/h3-8,14,17H,2,9H2,1H3. The highest BCUT2D eigenvalue weighted by atomic mass is 79.9. The fourth-order valence-corrected chi connectivity index (χ4v) is 2.23. The van der Waals surface area contributed by atoms with Gasteiger partial charge in [0, 0.05) is 4.47 Å². The van der Waals surface area contributed by atoms with Crippen molar-refractivity contribution in [3.05, 3.63) is 57.4 Å². The van der Waals surface area contributed by atoms with Crippen LogP contribution >= 0.6 is 27.5 Å². The zero-order chi connectivity index (χ0) is 13.0. The Morgan fingerprint density at radius 1 is 1.22 bits per heavy atom. The summed E-state index contributed by atoms with van der Waals surface area (Å²) in [6, 6.07) is 11.9. The second kappa shape index (κ2) is 6.41. The van der Waals surface area contributed by atoms with Gasteiger partial charge in [-0.25, -0.2) is 0 Å². The van der Waals surface area contributed by atoms with Crippen LogP contribution in [-0.4, -0.2) is 6.54 Å². The van der Waals surface area contributed by atoms with Gasteiger partial charge in [-0.2, -0.15) is 0 Å². The van der Waals surface area contributed by atoms with E-state index < -0.39 is 0 Å². The largest absolute Gasteiger partial charge is 0.448 e. The molecule has 4 heteroatoms. The minimum atomic E-state index is 0.0468. The van der Waals surface area contributed by atoms with Crippen molar-refractivity contribution in [1.82, 2.24) is 5.32 Å². The molecule has 0 aliphatic heterocycles. The van der Waals surface area contributed by atoms with Crippen LogP contribution in [0.4, 0.5) is 0 Å². The van der Waals surface area contributed by atoms with Crippen molar-refractivity contribution >= 4 is 27.5 Å². The highest BCUT2D eigenvalue weighted by molar-refractivity contribution is 9.10. The number of rotatable bonds is 5. The first kappa shape index (κ1) is 13.7. The summed E-state index contributed by atoms with van der Waals surface area (Å²) in [5.41, 5.74) is 1.16. The molecule has 1 N–H and O–H groups in total. The zero-order valence-electron chi connectivity index (χ0n) is 10.1. The van der Waals surface area contributed by atoms with Crippen LogP contribution in [-0.2, 0) is 0 Å². The van der Waals surface area contributed by atoms with Crippen LogP contribution in [0.2, 0.25) is 5.22 Å². The van der Waals surface area contributed by atoms with Crippen LogP contribution < -0.4 is 5.32 Å². The highest BCUT2D eigenvalue weighted by Crippen LogP contribution is 2.26. The van der Waals surface area contributed by atoms with E-state index in [1.54, 1.807) is 6.07 Å². The summed E-state index contributed by atoms with van der Waals surface area (Å²) in [6.07, 6.45) is 1.07. The van der Waals surface area contributed by atoms with Gasteiger partial charge in [-0.3, -0.25) is 0 Å². The van der Waals surface area contributed by atoms with E-state index in [9.17, 15) is 0 Å². The van der Waals surface area contributed by atoms with E-state index in [2.05, 4.69) is 40.3 Å².